The van der Waals surface area contributed by atoms with Gasteiger partial charge in [-0.25, -0.2) is 5.10 Å². The van der Waals surface area contributed by atoms with Crippen molar-refractivity contribution in [2.75, 3.05) is 7.11 Å². The normalized spacial score (nSPS) is 11.5. The number of methoxy groups -OCH3 is 1. The molecular weight excluding hydrogens is 392 g/mol. The maximum absolute atomic E-state index is 5.44. The van der Waals surface area contributed by atoms with Crippen molar-refractivity contribution >= 4 is 40.0 Å². The summed E-state index contributed by atoms with van der Waals surface area (Å²) in [6, 6.07) is 26.5. The summed E-state index contributed by atoms with van der Waals surface area (Å²) >= 11 is 5.44. The maximum atomic E-state index is 5.44. The van der Waals surface area contributed by atoms with Gasteiger partial charge in [0.2, 0.25) is 4.77 Å². The van der Waals surface area contributed by atoms with Gasteiger partial charge in [-0.3, -0.25) is 0 Å². The smallest absolute Gasteiger partial charge is 0.216 e. The standard InChI is InChI=1S/C24H18N4OS/c1-29-19-12-10-16(11-13-19)23-26-27-24(30)28(23)25-15-22-20-8-4-2-6-17(20)14-18-7-3-5-9-21(18)22/h2-15H,1H3,(H,27,30)/b25-15+. The number of fused-ring (bicyclic) bond motifs is 2. The number of hydrogen-bond donors (Lipinski definition) is 1. The van der Waals surface area contributed by atoms with E-state index >= 15 is 0 Å². The van der Waals surface area contributed by atoms with E-state index in [0.717, 1.165) is 27.6 Å². The molecular formula is C24H18N4OS. The molecule has 5 nitrogen and oxygen atoms in total. The second kappa shape index (κ2) is 7.57. The zero-order chi connectivity index (χ0) is 20.5. The van der Waals surface area contributed by atoms with Crippen LogP contribution in [-0.2, 0) is 0 Å². The van der Waals surface area contributed by atoms with E-state index in [2.05, 4.69) is 40.5 Å². The fraction of sp³-hybridized carbons (Fsp3) is 0.0417. The molecule has 30 heavy (non-hydrogen) atoms. The molecule has 6 heteroatoms. The molecule has 1 heterocycles. The highest BCUT2D eigenvalue weighted by Crippen LogP contribution is 2.27. The predicted octanol–water partition coefficient (Wildman–Crippen LogP) is 5.80. The van der Waals surface area contributed by atoms with Crippen LogP contribution in [0.2, 0.25) is 0 Å². The highest BCUT2D eigenvalue weighted by Gasteiger charge is 2.10. The summed E-state index contributed by atoms with van der Waals surface area (Å²) in [6.45, 7) is 0. The van der Waals surface area contributed by atoms with Crippen LogP contribution in [0.5, 0.6) is 5.75 Å². The van der Waals surface area contributed by atoms with Crippen LogP contribution in [0.3, 0.4) is 0 Å². The Morgan fingerprint density at radius 3 is 2.20 bits per heavy atom. The Morgan fingerprint density at radius 1 is 0.933 bits per heavy atom. The topological polar surface area (TPSA) is 55.2 Å². The largest absolute Gasteiger partial charge is 0.497 e. The molecule has 1 N–H and O–H groups in total. The third-order valence-corrected chi connectivity index (χ3v) is 5.38. The Hall–Kier alpha value is -3.77. The molecule has 0 radical (unpaired) electrons. The first-order valence-corrected chi connectivity index (χ1v) is 9.92. The number of aromatic nitrogens is 3. The number of nitrogens with zero attached hydrogens (tertiary/aromatic N) is 3. The third kappa shape index (κ3) is 3.17. The lowest BCUT2D eigenvalue weighted by molar-refractivity contribution is 0.415. The molecule has 5 aromatic rings. The van der Waals surface area contributed by atoms with Gasteiger partial charge in [0, 0.05) is 11.1 Å². The molecule has 0 saturated carbocycles. The molecule has 0 atom stereocenters. The van der Waals surface area contributed by atoms with Crippen molar-refractivity contribution in [3.63, 3.8) is 0 Å². The highest BCUT2D eigenvalue weighted by atomic mass is 32.1. The summed E-state index contributed by atoms with van der Waals surface area (Å²) in [6.07, 6.45) is 1.86. The van der Waals surface area contributed by atoms with Crippen LogP contribution in [0.15, 0.2) is 84.0 Å². The van der Waals surface area contributed by atoms with E-state index in [1.54, 1.807) is 11.8 Å². The SMILES string of the molecule is COc1ccc(-c2n[nH]c(=S)n2/N=C/c2c3ccccc3cc3ccccc23)cc1. The van der Waals surface area contributed by atoms with Gasteiger partial charge in [-0.05, 0) is 64.1 Å². The summed E-state index contributed by atoms with van der Waals surface area (Å²) in [5.41, 5.74) is 1.94. The number of H-pyrrole nitrogens is 1. The van der Waals surface area contributed by atoms with Gasteiger partial charge in [-0.15, -0.1) is 0 Å². The van der Waals surface area contributed by atoms with Gasteiger partial charge in [0.1, 0.15) is 5.75 Å². The first-order chi connectivity index (χ1) is 14.7. The predicted molar refractivity (Wildman–Crippen MR) is 124 cm³/mol. The van der Waals surface area contributed by atoms with Crippen LogP contribution in [-0.4, -0.2) is 28.2 Å². The molecule has 146 valence electrons. The van der Waals surface area contributed by atoms with Gasteiger partial charge in [0.05, 0.1) is 13.3 Å². The quantitative estimate of drug-likeness (QED) is 0.231. The fourth-order valence-electron chi connectivity index (χ4n) is 3.63. The molecule has 0 fully saturated rings. The van der Waals surface area contributed by atoms with Crippen molar-refractivity contribution in [3.8, 4) is 17.1 Å². The van der Waals surface area contributed by atoms with Crippen LogP contribution in [0.25, 0.3) is 32.9 Å². The summed E-state index contributed by atoms with van der Waals surface area (Å²) in [4.78, 5) is 0. The Kier molecular flexibility index (Phi) is 4.61. The monoisotopic (exact) mass is 410 g/mol. The Balaban J connectivity index is 1.67. The minimum Gasteiger partial charge on any atom is -0.497 e. The average molecular weight is 411 g/mol. The molecule has 4 aromatic carbocycles. The molecule has 0 bridgehead atoms. The van der Waals surface area contributed by atoms with Gasteiger partial charge in [0.25, 0.3) is 0 Å². The molecule has 5 rings (SSSR count). The van der Waals surface area contributed by atoms with Gasteiger partial charge in [0.15, 0.2) is 5.82 Å². The van der Waals surface area contributed by atoms with E-state index < -0.39 is 0 Å². The second-order valence-electron chi connectivity index (χ2n) is 6.87. The summed E-state index contributed by atoms with van der Waals surface area (Å²) in [5.74, 6) is 1.42. The third-order valence-electron chi connectivity index (χ3n) is 5.11. The summed E-state index contributed by atoms with van der Waals surface area (Å²) in [5, 5.41) is 16.6. The number of rotatable bonds is 4. The molecule has 0 aliphatic heterocycles. The maximum Gasteiger partial charge on any atom is 0.216 e. The zero-order valence-electron chi connectivity index (χ0n) is 16.2. The van der Waals surface area contributed by atoms with Crippen LogP contribution >= 0.6 is 12.2 Å². The van der Waals surface area contributed by atoms with Crippen molar-refractivity contribution < 1.29 is 4.74 Å². The van der Waals surface area contributed by atoms with E-state index in [-0.39, 0.29) is 0 Å². The number of nitrogens with one attached hydrogen (secondary N) is 1. The van der Waals surface area contributed by atoms with Gasteiger partial charge in [-0.2, -0.15) is 14.9 Å². The fourth-order valence-corrected chi connectivity index (χ4v) is 3.81. The van der Waals surface area contributed by atoms with Crippen molar-refractivity contribution in [2.24, 2.45) is 5.10 Å². The van der Waals surface area contributed by atoms with Crippen LogP contribution in [0.1, 0.15) is 5.56 Å². The van der Waals surface area contributed by atoms with Crippen molar-refractivity contribution in [1.82, 2.24) is 14.9 Å². The first-order valence-electron chi connectivity index (χ1n) is 9.51. The Bertz CT molecular complexity index is 1390. The second-order valence-corrected chi connectivity index (χ2v) is 7.26. The number of hydrogen-bond acceptors (Lipinski definition) is 4. The zero-order valence-corrected chi connectivity index (χ0v) is 17.1. The lowest BCUT2D eigenvalue weighted by atomic mass is 9.97. The van der Waals surface area contributed by atoms with Crippen molar-refractivity contribution in [1.29, 1.82) is 0 Å². The van der Waals surface area contributed by atoms with Crippen molar-refractivity contribution in [3.05, 3.63) is 89.2 Å². The number of ether oxygens (including phenoxy) is 1. The summed E-state index contributed by atoms with van der Waals surface area (Å²) < 4.78 is 7.32. The van der Waals surface area contributed by atoms with Crippen LogP contribution in [0, 0.1) is 4.77 Å². The van der Waals surface area contributed by atoms with E-state index in [0.29, 0.717) is 10.6 Å². The van der Waals surface area contributed by atoms with E-state index in [1.807, 2.05) is 54.7 Å². The minimum atomic E-state index is 0.432. The van der Waals surface area contributed by atoms with Crippen LogP contribution < -0.4 is 4.74 Å². The molecule has 0 unspecified atom stereocenters. The van der Waals surface area contributed by atoms with Gasteiger partial charge in [-0.1, -0.05) is 48.5 Å². The molecule has 0 aliphatic rings. The van der Waals surface area contributed by atoms with Crippen molar-refractivity contribution in [2.45, 2.75) is 0 Å². The average Bonchev–Trinajstić information content (AvgIpc) is 3.17. The van der Waals surface area contributed by atoms with Gasteiger partial charge >= 0.3 is 0 Å². The molecule has 0 spiro atoms. The molecule has 1 aromatic heterocycles. The minimum absolute atomic E-state index is 0.432. The lowest BCUT2D eigenvalue weighted by Crippen LogP contribution is -1.96. The van der Waals surface area contributed by atoms with E-state index in [4.69, 9.17) is 22.1 Å². The molecule has 0 saturated heterocycles. The van der Waals surface area contributed by atoms with E-state index in [1.165, 1.54) is 10.8 Å². The van der Waals surface area contributed by atoms with Gasteiger partial charge < -0.3 is 4.74 Å². The molecule has 0 aliphatic carbocycles. The Morgan fingerprint density at radius 2 is 1.57 bits per heavy atom. The Labute approximate surface area is 178 Å². The number of benzene rings is 4. The molecule has 0 amide bonds. The van der Waals surface area contributed by atoms with E-state index in [9.17, 15) is 0 Å². The number of aromatic amines is 1. The van der Waals surface area contributed by atoms with Crippen LogP contribution in [0.4, 0.5) is 0 Å². The lowest BCUT2D eigenvalue weighted by Gasteiger charge is -2.08. The highest BCUT2D eigenvalue weighted by molar-refractivity contribution is 7.71. The summed E-state index contributed by atoms with van der Waals surface area (Å²) in [7, 11) is 1.64. The first kappa shape index (κ1) is 18.3.